The molecule has 0 aliphatic heterocycles. The first-order valence-electron chi connectivity index (χ1n) is 5.85. The fraction of sp³-hybridized carbons (Fsp3) is 0.0714. The van der Waals surface area contributed by atoms with Gasteiger partial charge in [-0.1, -0.05) is 6.07 Å². The van der Waals surface area contributed by atoms with E-state index in [2.05, 4.69) is 0 Å². The molecule has 7 heteroatoms. The van der Waals surface area contributed by atoms with E-state index in [1.807, 2.05) is 6.07 Å². The van der Waals surface area contributed by atoms with Crippen LogP contribution < -0.4 is 15.2 Å². The third-order valence-corrected chi connectivity index (χ3v) is 2.69. The zero-order valence-electron chi connectivity index (χ0n) is 11.1. The predicted molar refractivity (Wildman–Crippen MR) is 75.3 cm³/mol. The van der Waals surface area contributed by atoms with Gasteiger partial charge in [-0.3, -0.25) is 10.1 Å². The lowest BCUT2D eigenvalue weighted by atomic mass is 10.2. The van der Waals surface area contributed by atoms with Crippen molar-refractivity contribution in [2.24, 2.45) is 0 Å². The number of nitro groups is 1. The van der Waals surface area contributed by atoms with Crippen LogP contribution in [0.15, 0.2) is 36.4 Å². The van der Waals surface area contributed by atoms with Crippen molar-refractivity contribution in [1.29, 1.82) is 5.26 Å². The van der Waals surface area contributed by atoms with Crippen molar-refractivity contribution in [3.8, 4) is 23.3 Å². The maximum atomic E-state index is 11.0. The molecule has 0 amide bonds. The van der Waals surface area contributed by atoms with E-state index in [9.17, 15) is 10.1 Å². The van der Waals surface area contributed by atoms with Gasteiger partial charge < -0.3 is 15.2 Å². The van der Waals surface area contributed by atoms with Gasteiger partial charge in [0.2, 0.25) is 5.75 Å². The van der Waals surface area contributed by atoms with E-state index >= 15 is 0 Å². The van der Waals surface area contributed by atoms with Crippen LogP contribution in [0.3, 0.4) is 0 Å². The van der Waals surface area contributed by atoms with Gasteiger partial charge in [-0.05, 0) is 24.3 Å². The average Bonchev–Trinajstić information content (AvgIpc) is 2.46. The Labute approximate surface area is 120 Å². The molecule has 2 N–H and O–H groups in total. The molecule has 0 aliphatic rings. The Morgan fingerprint density at radius 3 is 2.62 bits per heavy atom. The number of nitrogens with zero attached hydrogens (tertiary/aromatic N) is 2. The molecule has 0 aliphatic carbocycles. The van der Waals surface area contributed by atoms with Crippen molar-refractivity contribution < 1.29 is 14.4 Å². The van der Waals surface area contributed by atoms with E-state index in [-0.39, 0.29) is 22.9 Å². The smallest absolute Gasteiger partial charge is 0.334 e. The molecule has 2 aromatic carbocycles. The molecule has 0 saturated carbocycles. The number of methoxy groups -OCH3 is 1. The Morgan fingerprint density at radius 2 is 2.00 bits per heavy atom. The molecule has 7 nitrogen and oxygen atoms in total. The Balaban J connectivity index is 2.46. The van der Waals surface area contributed by atoms with Crippen LogP contribution >= 0.6 is 0 Å². The highest BCUT2D eigenvalue weighted by molar-refractivity contribution is 5.66. The Hall–Kier alpha value is -3.27. The molecule has 2 rings (SSSR count). The first-order valence-corrected chi connectivity index (χ1v) is 5.85. The van der Waals surface area contributed by atoms with Gasteiger partial charge in [0.15, 0.2) is 0 Å². The molecular weight excluding hydrogens is 274 g/mol. The lowest BCUT2D eigenvalue weighted by Crippen LogP contribution is -1.98. The molecule has 106 valence electrons. The molecule has 2 aromatic rings. The number of rotatable bonds is 4. The average molecular weight is 285 g/mol. The number of para-hydroxylation sites is 1. The van der Waals surface area contributed by atoms with Crippen LogP contribution in [0.25, 0.3) is 0 Å². The zero-order chi connectivity index (χ0) is 15.4. The van der Waals surface area contributed by atoms with E-state index in [4.69, 9.17) is 20.5 Å². The van der Waals surface area contributed by atoms with Crippen LogP contribution in [0.4, 0.5) is 11.4 Å². The monoisotopic (exact) mass is 285 g/mol. The van der Waals surface area contributed by atoms with Crippen LogP contribution in [-0.4, -0.2) is 12.0 Å². The summed E-state index contributed by atoms with van der Waals surface area (Å²) in [6, 6.07) is 10.9. The molecule has 0 radical (unpaired) electrons. The molecule has 0 spiro atoms. The van der Waals surface area contributed by atoms with Crippen LogP contribution in [0, 0.1) is 21.4 Å². The summed E-state index contributed by atoms with van der Waals surface area (Å²) >= 11 is 0. The van der Waals surface area contributed by atoms with Gasteiger partial charge in [0.1, 0.15) is 17.2 Å². The van der Waals surface area contributed by atoms with Crippen molar-refractivity contribution in [3.05, 3.63) is 52.1 Å². The molecule has 0 aromatic heterocycles. The second kappa shape index (κ2) is 5.79. The summed E-state index contributed by atoms with van der Waals surface area (Å²) in [5.74, 6) is 0.660. The third kappa shape index (κ3) is 3.01. The number of nitriles is 1. The maximum Gasteiger partial charge on any atom is 0.334 e. The molecule has 0 bridgehead atoms. The van der Waals surface area contributed by atoms with Gasteiger partial charge in [0.25, 0.3) is 0 Å². The highest BCUT2D eigenvalue weighted by Crippen LogP contribution is 2.36. The maximum absolute atomic E-state index is 11.0. The minimum atomic E-state index is -0.615. The quantitative estimate of drug-likeness (QED) is 0.525. The molecule has 0 atom stereocenters. The summed E-state index contributed by atoms with van der Waals surface area (Å²) in [6.45, 7) is 0. The van der Waals surface area contributed by atoms with Gasteiger partial charge in [-0.15, -0.1) is 0 Å². The first-order chi connectivity index (χ1) is 10.0. The van der Waals surface area contributed by atoms with Gasteiger partial charge in [-0.25, -0.2) is 0 Å². The van der Waals surface area contributed by atoms with Crippen molar-refractivity contribution in [2.75, 3.05) is 12.8 Å². The van der Waals surface area contributed by atoms with Crippen LogP contribution in [-0.2, 0) is 0 Å². The summed E-state index contributed by atoms with van der Waals surface area (Å²) in [7, 11) is 1.45. The molecular formula is C14H11N3O4. The standard InChI is InChI=1S/C14H11N3O4/c1-20-10-5-9(8-15)6-11(7-10)21-13-4-2-3-12(16)14(13)17(18)19/h2-7H,16H2,1H3. The van der Waals surface area contributed by atoms with Gasteiger partial charge >= 0.3 is 5.69 Å². The fourth-order valence-corrected chi connectivity index (χ4v) is 1.76. The van der Waals surface area contributed by atoms with Gasteiger partial charge in [0, 0.05) is 6.07 Å². The lowest BCUT2D eigenvalue weighted by Gasteiger charge is -2.09. The number of nitrogen functional groups attached to an aromatic ring is 1. The largest absolute Gasteiger partial charge is 0.497 e. The predicted octanol–water partition coefficient (Wildman–Crippen LogP) is 2.85. The molecule has 0 fully saturated rings. The number of nitrogens with two attached hydrogens (primary N) is 1. The van der Waals surface area contributed by atoms with Crippen LogP contribution in [0.5, 0.6) is 17.2 Å². The summed E-state index contributed by atoms with van der Waals surface area (Å²) in [5.41, 5.74) is 5.59. The summed E-state index contributed by atoms with van der Waals surface area (Å²) in [6.07, 6.45) is 0. The zero-order valence-corrected chi connectivity index (χ0v) is 11.1. The highest BCUT2D eigenvalue weighted by atomic mass is 16.6. The molecule has 0 heterocycles. The minimum Gasteiger partial charge on any atom is -0.497 e. The summed E-state index contributed by atoms with van der Waals surface area (Å²) in [5, 5.41) is 20.0. The second-order valence-corrected chi connectivity index (χ2v) is 4.06. The number of hydrogen-bond acceptors (Lipinski definition) is 6. The Morgan fingerprint density at radius 1 is 1.29 bits per heavy atom. The molecule has 0 unspecified atom stereocenters. The Bertz CT molecular complexity index is 737. The number of nitro benzene ring substituents is 1. The van der Waals surface area contributed by atoms with Crippen LogP contribution in [0.2, 0.25) is 0 Å². The summed E-state index contributed by atoms with van der Waals surface area (Å²) < 4.78 is 10.5. The van der Waals surface area contributed by atoms with E-state index in [1.54, 1.807) is 6.07 Å². The fourth-order valence-electron chi connectivity index (χ4n) is 1.76. The Kier molecular flexibility index (Phi) is 3.90. The highest BCUT2D eigenvalue weighted by Gasteiger charge is 2.20. The van der Waals surface area contributed by atoms with Gasteiger partial charge in [-0.2, -0.15) is 5.26 Å². The van der Waals surface area contributed by atoms with Crippen molar-refractivity contribution in [3.63, 3.8) is 0 Å². The minimum absolute atomic E-state index is 0.000836. The van der Waals surface area contributed by atoms with E-state index in [0.29, 0.717) is 11.3 Å². The van der Waals surface area contributed by atoms with E-state index in [1.165, 1.54) is 37.4 Å². The number of hydrogen-bond donors (Lipinski definition) is 1. The van der Waals surface area contributed by atoms with Crippen molar-refractivity contribution in [1.82, 2.24) is 0 Å². The van der Waals surface area contributed by atoms with Crippen molar-refractivity contribution in [2.45, 2.75) is 0 Å². The number of benzene rings is 2. The molecule has 0 saturated heterocycles. The van der Waals surface area contributed by atoms with Crippen LogP contribution in [0.1, 0.15) is 5.56 Å². The third-order valence-electron chi connectivity index (χ3n) is 2.69. The van der Waals surface area contributed by atoms with E-state index in [0.717, 1.165) is 0 Å². The lowest BCUT2D eigenvalue weighted by molar-refractivity contribution is -0.384. The van der Waals surface area contributed by atoms with Gasteiger partial charge in [0.05, 0.1) is 23.7 Å². The number of ether oxygens (including phenoxy) is 2. The SMILES string of the molecule is COc1cc(C#N)cc(Oc2cccc(N)c2[N+](=O)[O-])c1. The topological polar surface area (TPSA) is 111 Å². The van der Waals surface area contributed by atoms with Crippen molar-refractivity contribution >= 4 is 11.4 Å². The van der Waals surface area contributed by atoms with E-state index < -0.39 is 4.92 Å². The summed E-state index contributed by atoms with van der Waals surface area (Å²) in [4.78, 5) is 10.4. The normalized spacial score (nSPS) is 9.71. The number of anilines is 1. The second-order valence-electron chi connectivity index (χ2n) is 4.06. The molecule has 21 heavy (non-hydrogen) atoms. The first kappa shape index (κ1) is 14.1.